The molecule has 0 atom stereocenters. The molecule has 1 aromatic carbocycles. The van der Waals surface area contributed by atoms with E-state index in [1.165, 1.54) is 0 Å². The predicted octanol–water partition coefficient (Wildman–Crippen LogP) is 0.714. The summed E-state index contributed by atoms with van der Waals surface area (Å²) in [7, 11) is 3.55. The summed E-state index contributed by atoms with van der Waals surface area (Å²) in [5.74, 6) is -0.0773. The number of rotatable bonds is 5. The van der Waals surface area contributed by atoms with Crippen LogP contribution >= 0.6 is 0 Å². The topological polar surface area (TPSA) is 81.1 Å². The van der Waals surface area contributed by atoms with E-state index in [0.29, 0.717) is 18.7 Å². The Bertz CT molecular complexity index is 685. The normalized spacial score (nSPS) is 17.3. The number of amides is 1. The largest absolute Gasteiger partial charge is 0.384 e. The van der Waals surface area contributed by atoms with E-state index in [2.05, 4.69) is 20.9 Å². The van der Waals surface area contributed by atoms with Gasteiger partial charge >= 0.3 is 0 Å². The van der Waals surface area contributed by atoms with Gasteiger partial charge in [-0.25, -0.2) is 4.68 Å². The number of carbonyl (C=O) groups excluding carboxylic acids is 1. The summed E-state index contributed by atoms with van der Waals surface area (Å²) in [6.07, 6.45) is 2.01. The molecule has 7 nitrogen and oxygen atoms in total. The average Bonchev–Trinajstić information content (AvgIpc) is 2.94. The lowest BCUT2D eigenvalue weighted by Crippen LogP contribution is -2.47. The summed E-state index contributed by atoms with van der Waals surface area (Å²) in [6.45, 7) is 3.22. The number of nitrogens with zero attached hydrogens (tertiary/aromatic N) is 3. The number of aryl methyl sites for hydroxylation is 1. The molecule has 0 saturated carbocycles. The third kappa shape index (κ3) is 3.35. The second-order valence-corrected chi connectivity index (χ2v) is 6.28. The van der Waals surface area contributed by atoms with Crippen molar-refractivity contribution < 1.29 is 9.53 Å². The predicted molar refractivity (Wildman–Crippen MR) is 87.3 cm³/mol. The maximum Gasteiger partial charge on any atom is 0.251 e. The highest BCUT2D eigenvalue weighted by Gasteiger charge is 2.32. The van der Waals surface area contributed by atoms with Crippen LogP contribution in [0.25, 0.3) is 11.0 Å². The molecule has 7 heteroatoms. The van der Waals surface area contributed by atoms with E-state index in [1.807, 2.05) is 19.2 Å². The van der Waals surface area contributed by atoms with E-state index in [-0.39, 0.29) is 11.3 Å². The molecule has 1 aliphatic heterocycles. The quantitative estimate of drug-likeness (QED) is 0.849. The van der Waals surface area contributed by atoms with Gasteiger partial charge in [0.05, 0.1) is 12.1 Å². The fourth-order valence-electron chi connectivity index (χ4n) is 3.19. The molecule has 0 aliphatic carbocycles. The Morgan fingerprint density at radius 2 is 2.22 bits per heavy atom. The van der Waals surface area contributed by atoms with E-state index in [1.54, 1.807) is 17.9 Å². The smallest absolute Gasteiger partial charge is 0.251 e. The molecular formula is C16H23N5O2. The Labute approximate surface area is 135 Å². The molecule has 2 N–H and O–H groups in total. The van der Waals surface area contributed by atoms with E-state index >= 15 is 0 Å². The van der Waals surface area contributed by atoms with Gasteiger partial charge in [0.1, 0.15) is 5.52 Å². The van der Waals surface area contributed by atoms with Crippen molar-refractivity contribution in [1.29, 1.82) is 0 Å². The molecule has 0 radical (unpaired) electrons. The van der Waals surface area contributed by atoms with Crippen molar-refractivity contribution in [3.8, 4) is 0 Å². The summed E-state index contributed by atoms with van der Waals surface area (Å²) < 4.78 is 7.08. The first-order valence-electron chi connectivity index (χ1n) is 7.91. The van der Waals surface area contributed by atoms with Crippen molar-refractivity contribution in [3.05, 3.63) is 23.8 Å². The van der Waals surface area contributed by atoms with Crippen LogP contribution in [0, 0.1) is 5.41 Å². The summed E-state index contributed by atoms with van der Waals surface area (Å²) in [5.41, 5.74) is 2.27. The highest BCUT2D eigenvalue weighted by molar-refractivity contribution is 5.97. The van der Waals surface area contributed by atoms with Crippen molar-refractivity contribution in [1.82, 2.24) is 25.6 Å². The van der Waals surface area contributed by atoms with Crippen LogP contribution in [-0.2, 0) is 11.8 Å². The Hall–Kier alpha value is -1.99. The zero-order valence-corrected chi connectivity index (χ0v) is 13.6. The molecule has 3 rings (SSSR count). The number of piperidine rings is 1. The van der Waals surface area contributed by atoms with Crippen molar-refractivity contribution in [2.24, 2.45) is 12.5 Å². The van der Waals surface area contributed by atoms with Gasteiger partial charge in [-0.05, 0) is 44.1 Å². The second kappa shape index (κ2) is 6.64. The third-order valence-corrected chi connectivity index (χ3v) is 4.61. The number of fused-ring (bicyclic) bond motifs is 1. The van der Waals surface area contributed by atoms with Gasteiger partial charge in [-0.3, -0.25) is 4.79 Å². The molecule has 1 aromatic heterocycles. The number of methoxy groups -OCH3 is 1. The molecule has 1 aliphatic rings. The molecule has 124 valence electrons. The van der Waals surface area contributed by atoms with Gasteiger partial charge in [-0.2, -0.15) is 0 Å². The fourth-order valence-corrected chi connectivity index (χ4v) is 3.19. The van der Waals surface area contributed by atoms with Crippen LogP contribution in [0.1, 0.15) is 23.2 Å². The van der Waals surface area contributed by atoms with E-state index in [4.69, 9.17) is 4.74 Å². The first-order valence-corrected chi connectivity index (χ1v) is 7.91. The SMILES string of the molecule is COCC1(CNC(=O)c2ccc3c(c2)nnn3C)CCNCC1. The van der Waals surface area contributed by atoms with Crippen LogP contribution in [0.5, 0.6) is 0 Å². The number of carbonyl (C=O) groups is 1. The van der Waals surface area contributed by atoms with Crippen molar-refractivity contribution in [2.45, 2.75) is 12.8 Å². The van der Waals surface area contributed by atoms with Crippen LogP contribution in [0.4, 0.5) is 0 Å². The third-order valence-electron chi connectivity index (χ3n) is 4.61. The zero-order valence-electron chi connectivity index (χ0n) is 13.6. The van der Waals surface area contributed by atoms with Crippen molar-refractivity contribution in [3.63, 3.8) is 0 Å². The Morgan fingerprint density at radius 3 is 2.96 bits per heavy atom. The van der Waals surface area contributed by atoms with Gasteiger partial charge in [0, 0.05) is 31.7 Å². The Kier molecular flexibility index (Phi) is 4.58. The number of nitrogens with one attached hydrogen (secondary N) is 2. The lowest BCUT2D eigenvalue weighted by molar-refractivity contribution is 0.0512. The van der Waals surface area contributed by atoms with Crippen LogP contribution in [-0.4, -0.2) is 54.3 Å². The molecule has 0 spiro atoms. The Morgan fingerprint density at radius 1 is 1.43 bits per heavy atom. The van der Waals surface area contributed by atoms with Crippen LogP contribution in [0.3, 0.4) is 0 Å². The number of ether oxygens (including phenoxy) is 1. The molecule has 1 amide bonds. The number of benzene rings is 1. The number of hydrogen-bond acceptors (Lipinski definition) is 5. The highest BCUT2D eigenvalue weighted by Crippen LogP contribution is 2.28. The second-order valence-electron chi connectivity index (χ2n) is 6.28. The summed E-state index contributed by atoms with van der Waals surface area (Å²) in [5, 5.41) is 14.4. The van der Waals surface area contributed by atoms with E-state index in [9.17, 15) is 4.79 Å². The van der Waals surface area contributed by atoms with Gasteiger partial charge in [0.25, 0.3) is 5.91 Å². The minimum Gasteiger partial charge on any atom is -0.384 e. The minimum atomic E-state index is -0.0773. The maximum atomic E-state index is 12.5. The summed E-state index contributed by atoms with van der Waals surface area (Å²) in [6, 6.07) is 5.47. The van der Waals surface area contributed by atoms with Crippen LogP contribution in [0.15, 0.2) is 18.2 Å². The first-order chi connectivity index (χ1) is 11.1. The van der Waals surface area contributed by atoms with E-state index < -0.39 is 0 Å². The minimum absolute atomic E-state index is 0.0202. The van der Waals surface area contributed by atoms with Crippen molar-refractivity contribution in [2.75, 3.05) is 33.4 Å². The lowest BCUT2D eigenvalue weighted by Gasteiger charge is -2.37. The van der Waals surface area contributed by atoms with Gasteiger partial charge < -0.3 is 15.4 Å². The van der Waals surface area contributed by atoms with Gasteiger partial charge in [0.2, 0.25) is 0 Å². The molecule has 1 saturated heterocycles. The van der Waals surface area contributed by atoms with Gasteiger partial charge in [0.15, 0.2) is 0 Å². The first kappa shape index (κ1) is 15.9. The van der Waals surface area contributed by atoms with E-state index in [0.717, 1.165) is 37.0 Å². The zero-order chi connectivity index (χ0) is 16.3. The highest BCUT2D eigenvalue weighted by atomic mass is 16.5. The monoisotopic (exact) mass is 317 g/mol. The summed E-state index contributed by atoms with van der Waals surface area (Å²) >= 11 is 0. The van der Waals surface area contributed by atoms with Gasteiger partial charge in [-0.15, -0.1) is 5.10 Å². The molecule has 23 heavy (non-hydrogen) atoms. The summed E-state index contributed by atoms with van der Waals surface area (Å²) in [4.78, 5) is 12.5. The molecule has 1 fully saturated rings. The van der Waals surface area contributed by atoms with Crippen molar-refractivity contribution >= 4 is 16.9 Å². The Balaban J connectivity index is 1.69. The molecule has 0 bridgehead atoms. The van der Waals surface area contributed by atoms with Gasteiger partial charge in [-0.1, -0.05) is 5.21 Å². The fraction of sp³-hybridized carbons (Fsp3) is 0.562. The molecule has 0 unspecified atom stereocenters. The maximum absolute atomic E-state index is 12.5. The lowest BCUT2D eigenvalue weighted by atomic mass is 9.79. The molecule has 2 aromatic rings. The van der Waals surface area contributed by atoms with Crippen LogP contribution < -0.4 is 10.6 Å². The molecule has 2 heterocycles. The standard InChI is InChI=1S/C16H23N5O2/c1-21-14-4-3-12(9-13(14)19-20-21)15(22)18-10-16(11-23-2)5-7-17-8-6-16/h3-4,9,17H,5-8,10-11H2,1-2H3,(H,18,22). The number of aromatic nitrogens is 3. The molecular weight excluding hydrogens is 294 g/mol. The van der Waals surface area contributed by atoms with Crippen LogP contribution in [0.2, 0.25) is 0 Å². The number of hydrogen-bond donors (Lipinski definition) is 2. The average molecular weight is 317 g/mol.